The lowest BCUT2D eigenvalue weighted by molar-refractivity contribution is 0.369. The summed E-state index contributed by atoms with van der Waals surface area (Å²) < 4.78 is 14.2. The third kappa shape index (κ3) is 10.2. The number of unbranched alkanes of at least 4 members (excludes halogenated alkanes) is 16. The van der Waals surface area contributed by atoms with Gasteiger partial charge in [0, 0.05) is 65.8 Å². The molecule has 97 heavy (non-hydrogen) atoms. The van der Waals surface area contributed by atoms with E-state index in [-0.39, 0.29) is 21.7 Å². The molecule has 2 heterocycles. The highest BCUT2D eigenvalue weighted by molar-refractivity contribution is 6.21. The molecule has 2 aromatic heterocycles. The van der Waals surface area contributed by atoms with Crippen molar-refractivity contribution < 1.29 is 8.83 Å². The first-order valence-electron chi connectivity index (χ1n) is 38.3. The predicted molar refractivity (Wildman–Crippen MR) is 414 cm³/mol. The molecular weight excluding hydrogens is 1180 g/mol. The van der Waals surface area contributed by atoms with Gasteiger partial charge in [-0.3, -0.25) is 0 Å². The molecule has 0 spiro atoms. The number of fused-ring (bicyclic) bond motifs is 23. The van der Waals surface area contributed by atoms with Crippen molar-refractivity contribution >= 4 is 71.7 Å². The van der Waals surface area contributed by atoms with Gasteiger partial charge in [-0.2, -0.15) is 0 Å². The molecule has 0 atom stereocenters. The number of hydrogen-bond donors (Lipinski definition) is 0. The topological polar surface area (TPSA) is 29.5 Å². The summed E-state index contributed by atoms with van der Waals surface area (Å²) in [5.74, 6) is 0. The molecule has 0 aliphatic heterocycles. The predicted octanol–water partition coefficient (Wildman–Crippen LogP) is 28.7. The van der Waals surface area contributed by atoms with Crippen LogP contribution < -0.4 is 4.90 Å². The van der Waals surface area contributed by atoms with Gasteiger partial charge in [0.2, 0.25) is 0 Å². The van der Waals surface area contributed by atoms with Crippen LogP contribution in [0.25, 0.3) is 99.2 Å². The average Bonchev–Trinajstić information content (AvgIpc) is 1.49. The highest BCUT2D eigenvalue weighted by Gasteiger charge is 2.54. The van der Waals surface area contributed by atoms with E-state index in [4.69, 9.17) is 8.83 Å². The number of rotatable bonds is 27. The SMILES string of the molecule is CCCCCCCC1(CCCCCCC)c2ccccc2-c2c1c1c(c3c2oc2ccccc23)-c2ccc(N(c3ccc4c(c3)C(C)(C)c3cc5c(cc3-4)C(C)(C)c3ccc4oc6ccccc6c4c3-5)c3ccc4ccccc4c3)cc2C1(CCCCCCC)CCCCCCC. The van der Waals surface area contributed by atoms with Gasteiger partial charge < -0.3 is 13.7 Å². The van der Waals surface area contributed by atoms with Crippen LogP contribution in [0.2, 0.25) is 0 Å². The van der Waals surface area contributed by atoms with Crippen molar-refractivity contribution in [1.29, 1.82) is 0 Å². The second-order valence-corrected chi connectivity index (χ2v) is 31.1. The maximum absolute atomic E-state index is 7.57. The minimum absolute atomic E-state index is 0.146. The minimum atomic E-state index is -0.288. The first kappa shape index (κ1) is 63.6. The number of benzene rings is 10. The zero-order valence-corrected chi connectivity index (χ0v) is 59.5. The molecule has 10 aromatic carbocycles. The Morgan fingerprint density at radius 2 is 0.763 bits per heavy atom. The average molecular weight is 1280 g/mol. The van der Waals surface area contributed by atoms with Crippen LogP contribution in [0, 0.1) is 0 Å². The van der Waals surface area contributed by atoms with E-state index in [9.17, 15) is 0 Å². The lowest BCUT2D eigenvalue weighted by Crippen LogP contribution is -2.33. The molecule has 3 nitrogen and oxygen atoms in total. The van der Waals surface area contributed by atoms with Crippen LogP contribution in [0.5, 0.6) is 0 Å². The van der Waals surface area contributed by atoms with Crippen molar-refractivity contribution in [2.75, 3.05) is 4.90 Å². The second kappa shape index (κ2) is 25.6. The second-order valence-electron chi connectivity index (χ2n) is 31.1. The lowest BCUT2D eigenvalue weighted by atomic mass is 9.62. The van der Waals surface area contributed by atoms with Crippen LogP contribution in [-0.2, 0) is 21.7 Å². The maximum atomic E-state index is 7.57. The summed E-state index contributed by atoms with van der Waals surface area (Å²) in [5.41, 5.74) is 29.9. The van der Waals surface area contributed by atoms with E-state index >= 15 is 0 Å². The van der Waals surface area contributed by atoms with Crippen molar-refractivity contribution in [1.82, 2.24) is 0 Å². The minimum Gasteiger partial charge on any atom is -0.456 e. The highest BCUT2D eigenvalue weighted by Crippen LogP contribution is 2.68. The standard InChI is InChI=1S/C94H101NO2/c1-9-13-17-21-33-53-93(54-34-22-18-14-10-2)74-42-30-27-39-68(74)87-89(93)88-85(86-71-41-29-32-44-81(71)97-90(86)87)69-50-48-66(59-79(69)94(88,55-35-23-19-15-11-3)56-36-24-20-16-12-4)95(64-46-45-62-37-25-26-38-63(62)57-64)65-47-49-67-72-60-78-73(61-77(72)92(7,8)76(67)58-65)83-75(91(78,5)6)51-52-82-84(83)70-40-28-31-43-80(70)96-82/h25-32,37-52,57-61H,9-24,33-36,53-56H2,1-8H3. The molecule has 0 saturated carbocycles. The summed E-state index contributed by atoms with van der Waals surface area (Å²) in [4.78, 5) is 2.66. The molecule has 0 bridgehead atoms. The quantitative estimate of drug-likeness (QED) is 0.0481. The Labute approximate surface area is 578 Å². The van der Waals surface area contributed by atoms with Gasteiger partial charge in [-0.25, -0.2) is 0 Å². The Balaban J connectivity index is 0.926. The zero-order chi connectivity index (χ0) is 66.2. The maximum Gasteiger partial charge on any atom is 0.144 e. The van der Waals surface area contributed by atoms with Crippen LogP contribution in [0.1, 0.15) is 254 Å². The Hall–Kier alpha value is -8.14. The van der Waals surface area contributed by atoms with Crippen molar-refractivity contribution in [3.05, 3.63) is 220 Å². The lowest BCUT2D eigenvalue weighted by Gasteiger charge is -2.40. The van der Waals surface area contributed by atoms with Gasteiger partial charge in [0.05, 0.1) is 0 Å². The van der Waals surface area contributed by atoms with Crippen LogP contribution in [0.4, 0.5) is 17.1 Å². The molecule has 0 fully saturated rings. The molecule has 4 aliphatic rings. The normalized spacial score (nSPS) is 15.3. The van der Waals surface area contributed by atoms with E-state index in [1.807, 2.05) is 0 Å². The Kier molecular flexibility index (Phi) is 16.8. The summed E-state index contributed by atoms with van der Waals surface area (Å²) in [6.45, 7) is 19.3. The van der Waals surface area contributed by atoms with E-state index in [2.05, 4.69) is 236 Å². The van der Waals surface area contributed by atoms with Crippen molar-refractivity contribution in [3.8, 4) is 44.5 Å². The number of para-hydroxylation sites is 2. The Bertz CT molecular complexity index is 4950. The Morgan fingerprint density at radius 1 is 0.299 bits per heavy atom. The molecule has 0 unspecified atom stereocenters. The molecule has 0 radical (unpaired) electrons. The largest absolute Gasteiger partial charge is 0.456 e. The molecule has 16 rings (SSSR count). The van der Waals surface area contributed by atoms with Crippen LogP contribution in [0.15, 0.2) is 185 Å². The number of hydrogen-bond acceptors (Lipinski definition) is 3. The van der Waals surface area contributed by atoms with Crippen LogP contribution in [0.3, 0.4) is 0 Å². The molecule has 12 aromatic rings. The summed E-state index contributed by atoms with van der Waals surface area (Å²) in [6.07, 6.45) is 29.9. The van der Waals surface area contributed by atoms with E-state index in [0.717, 1.165) is 35.2 Å². The summed E-state index contributed by atoms with van der Waals surface area (Å²) in [5, 5.41) is 7.53. The van der Waals surface area contributed by atoms with Gasteiger partial charge in [0.15, 0.2) is 0 Å². The van der Waals surface area contributed by atoms with E-state index in [1.165, 1.54) is 257 Å². The third-order valence-electron chi connectivity index (χ3n) is 24.6. The van der Waals surface area contributed by atoms with Gasteiger partial charge in [0.1, 0.15) is 22.3 Å². The fourth-order valence-corrected chi connectivity index (χ4v) is 19.7. The molecule has 4 aliphatic carbocycles. The van der Waals surface area contributed by atoms with Gasteiger partial charge in [0.25, 0.3) is 0 Å². The smallest absolute Gasteiger partial charge is 0.144 e. The fraction of sp³-hybridized carbons (Fsp3) is 0.383. The Morgan fingerprint density at radius 3 is 1.41 bits per heavy atom. The van der Waals surface area contributed by atoms with Gasteiger partial charge >= 0.3 is 0 Å². The van der Waals surface area contributed by atoms with Gasteiger partial charge in [-0.05, 0) is 187 Å². The molecule has 3 heteroatoms. The summed E-state index contributed by atoms with van der Waals surface area (Å²) >= 11 is 0. The van der Waals surface area contributed by atoms with Crippen LogP contribution >= 0.6 is 0 Å². The highest BCUT2D eigenvalue weighted by atomic mass is 16.3. The number of nitrogens with zero attached hydrogens (tertiary/aromatic N) is 1. The molecule has 0 amide bonds. The number of anilines is 3. The van der Waals surface area contributed by atoms with Crippen LogP contribution in [-0.4, -0.2) is 0 Å². The van der Waals surface area contributed by atoms with E-state index in [1.54, 1.807) is 22.3 Å². The van der Waals surface area contributed by atoms with Crippen molar-refractivity contribution in [2.45, 2.75) is 231 Å². The van der Waals surface area contributed by atoms with Crippen molar-refractivity contribution in [2.24, 2.45) is 0 Å². The third-order valence-corrected chi connectivity index (χ3v) is 24.6. The summed E-state index contributed by atoms with van der Waals surface area (Å²) in [7, 11) is 0. The van der Waals surface area contributed by atoms with E-state index < -0.39 is 0 Å². The molecule has 0 saturated heterocycles. The zero-order valence-electron chi connectivity index (χ0n) is 59.5. The summed E-state index contributed by atoms with van der Waals surface area (Å²) in [6, 6.07) is 68.9. The monoisotopic (exact) mass is 1280 g/mol. The van der Waals surface area contributed by atoms with Crippen molar-refractivity contribution in [3.63, 3.8) is 0 Å². The van der Waals surface area contributed by atoms with Gasteiger partial charge in [-0.15, -0.1) is 0 Å². The first-order chi connectivity index (χ1) is 47.5. The first-order valence-corrected chi connectivity index (χ1v) is 38.3. The number of furan rings is 2. The van der Waals surface area contributed by atoms with Gasteiger partial charge in [-0.1, -0.05) is 293 Å². The molecule has 0 N–H and O–H groups in total. The fourth-order valence-electron chi connectivity index (χ4n) is 19.7. The molecular formula is C94H101NO2. The van der Waals surface area contributed by atoms with E-state index in [0.29, 0.717) is 0 Å². The molecule has 494 valence electrons.